The first kappa shape index (κ1) is 12.8. The van der Waals surface area contributed by atoms with Gasteiger partial charge in [-0.1, -0.05) is 35.4 Å². The summed E-state index contributed by atoms with van der Waals surface area (Å²) < 4.78 is 0. The molecule has 0 aliphatic rings. The fourth-order valence-electron chi connectivity index (χ4n) is 2.18. The van der Waals surface area contributed by atoms with Gasteiger partial charge < -0.3 is 5.32 Å². The molecule has 1 unspecified atom stereocenters. The predicted molar refractivity (Wildman–Crippen MR) is 75.4 cm³/mol. The minimum absolute atomic E-state index is 0.270. The molecule has 0 spiro atoms. The molecule has 2 rings (SSSR count). The molecule has 0 radical (unpaired) electrons. The van der Waals surface area contributed by atoms with Crippen molar-refractivity contribution in [2.45, 2.75) is 33.4 Å². The van der Waals surface area contributed by atoms with Crippen LogP contribution in [0.3, 0.4) is 0 Å². The molecule has 0 aliphatic carbocycles. The smallest absolute Gasteiger partial charge is 0.0570 e. The normalized spacial score (nSPS) is 12.4. The zero-order valence-electron chi connectivity index (χ0n) is 11.3. The maximum Gasteiger partial charge on any atom is 0.0570 e. The molecular weight excluding hydrogens is 220 g/mol. The molecule has 2 heteroatoms. The van der Waals surface area contributed by atoms with Gasteiger partial charge in [-0.2, -0.15) is 0 Å². The van der Waals surface area contributed by atoms with E-state index in [0.717, 1.165) is 12.2 Å². The zero-order valence-corrected chi connectivity index (χ0v) is 11.3. The van der Waals surface area contributed by atoms with E-state index in [2.05, 4.69) is 55.3 Å². The van der Waals surface area contributed by atoms with E-state index in [4.69, 9.17) is 0 Å². The zero-order chi connectivity index (χ0) is 13.0. The lowest BCUT2D eigenvalue weighted by Gasteiger charge is -2.14. The molecule has 2 aromatic rings. The summed E-state index contributed by atoms with van der Waals surface area (Å²) in [6.45, 7) is 7.29. The highest BCUT2D eigenvalue weighted by atomic mass is 14.9. The highest BCUT2D eigenvalue weighted by Gasteiger charge is 2.05. The number of aromatic nitrogens is 1. The van der Waals surface area contributed by atoms with Crippen LogP contribution in [0.2, 0.25) is 0 Å². The number of nitrogens with one attached hydrogen (secondary N) is 1. The molecule has 1 atom stereocenters. The molecule has 0 amide bonds. The first-order valence-corrected chi connectivity index (χ1v) is 6.36. The van der Waals surface area contributed by atoms with Crippen LogP contribution in [0.4, 0.5) is 0 Å². The van der Waals surface area contributed by atoms with Crippen LogP contribution in [-0.4, -0.2) is 4.98 Å². The number of hydrogen-bond donors (Lipinski definition) is 1. The van der Waals surface area contributed by atoms with Crippen LogP contribution in [-0.2, 0) is 6.54 Å². The van der Waals surface area contributed by atoms with Crippen molar-refractivity contribution < 1.29 is 0 Å². The molecule has 0 saturated heterocycles. The molecular formula is C16H20N2. The molecule has 94 valence electrons. The summed E-state index contributed by atoms with van der Waals surface area (Å²) in [5.74, 6) is 0. The largest absolute Gasteiger partial charge is 0.305 e. The lowest BCUT2D eigenvalue weighted by molar-refractivity contribution is 0.561. The van der Waals surface area contributed by atoms with E-state index >= 15 is 0 Å². The highest BCUT2D eigenvalue weighted by molar-refractivity contribution is 5.28. The average molecular weight is 240 g/mol. The second-order valence-electron chi connectivity index (χ2n) is 4.85. The van der Waals surface area contributed by atoms with Crippen molar-refractivity contribution in [3.63, 3.8) is 0 Å². The Labute approximate surface area is 109 Å². The first-order chi connectivity index (χ1) is 8.65. The van der Waals surface area contributed by atoms with E-state index in [1.165, 1.54) is 16.7 Å². The van der Waals surface area contributed by atoms with Crippen LogP contribution in [0.25, 0.3) is 0 Å². The van der Waals surface area contributed by atoms with E-state index < -0.39 is 0 Å². The molecule has 2 nitrogen and oxygen atoms in total. The van der Waals surface area contributed by atoms with Crippen molar-refractivity contribution in [3.8, 4) is 0 Å². The Bertz CT molecular complexity index is 486. The monoisotopic (exact) mass is 240 g/mol. The Morgan fingerprint density at radius 3 is 2.44 bits per heavy atom. The second kappa shape index (κ2) is 5.78. The van der Waals surface area contributed by atoms with Gasteiger partial charge in [-0.15, -0.1) is 0 Å². The predicted octanol–water partition coefficient (Wildman–Crippen LogP) is 3.55. The Kier molecular flexibility index (Phi) is 4.11. The molecule has 18 heavy (non-hydrogen) atoms. The van der Waals surface area contributed by atoms with Gasteiger partial charge in [0.2, 0.25) is 0 Å². The van der Waals surface area contributed by atoms with E-state index in [9.17, 15) is 0 Å². The Hall–Kier alpha value is -1.67. The Balaban J connectivity index is 1.99. The van der Waals surface area contributed by atoms with Gasteiger partial charge in [0.05, 0.1) is 5.69 Å². The fraction of sp³-hybridized carbons (Fsp3) is 0.312. The van der Waals surface area contributed by atoms with Crippen molar-refractivity contribution in [1.82, 2.24) is 10.3 Å². The third-order valence-electron chi connectivity index (χ3n) is 3.03. The average Bonchev–Trinajstić information content (AvgIpc) is 2.36. The van der Waals surface area contributed by atoms with E-state index in [1.54, 1.807) is 0 Å². The third-order valence-corrected chi connectivity index (χ3v) is 3.03. The summed E-state index contributed by atoms with van der Waals surface area (Å²) in [4.78, 5) is 4.36. The molecule has 1 aromatic carbocycles. The fourth-order valence-corrected chi connectivity index (χ4v) is 2.18. The van der Waals surface area contributed by atoms with Crippen LogP contribution in [0.1, 0.15) is 35.3 Å². The van der Waals surface area contributed by atoms with Gasteiger partial charge >= 0.3 is 0 Å². The van der Waals surface area contributed by atoms with Crippen LogP contribution in [0, 0.1) is 13.8 Å². The first-order valence-electron chi connectivity index (χ1n) is 6.36. The van der Waals surface area contributed by atoms with Crippen molar-refractivity contribution >= 4 is 0 Å². The second-order valence-corrected chi connectivity index (χ2v) is 4.85. The highest BCUT2D eigenvalue weighted by Crippen LogP contribution is 2.12. The van der Waals surface area contributed by atoms with Crippen molar-refractivity contribution in [1.29, 1.82) is 0 Å². The third kappa shape index (κ3) is 3.41. The van der Waals surface area contributed by atoms with Gasteiger partial charge in [0.15, 0.2) is 0 Å². The van der Waals surface area contributed by atoms with E-state index in [-0.39, 0.29) is 6.04 Å². The van der Waals surface area contributed by atoms with Gasteiger partial charge in [0.25, 0.3) is 0 Å². The topological polar surface area (TPSA) is 24.9 Å². The Morgan fingerprint density at radius 1 is 1.11 bits per heavy atom. The molecule has 1 heterocycles. The van der Waals surface area contributed by atoms with Crippen LogP contribution < -0.4 is 5.32 Å². The Morgan fingerprint density at radius 2 is 1.83 bits per heavy atom. The molecule has 0 aliphatic heterocycles. The van der Waals surface area contributed by atoms with Gasteiger partial charge in [-0.05, 0) is 38.5 Å². The quantitative estimate of drug-likeness (QED) is 0.884. The number of nitrogens with zero attached hydrogens (tertiary/aromatic N) is 1. The van der Waals surface area contributed by atoms with Crippen LogP contribution >= 0.6 is 0 Å². The van der Waals surface area contributed by atoms with Crippen LogP contribution in [0.15, 0.2) is 42.6 Å². The molecule has 0 fully saturated rings. The molecule has 1 N–H and O–H groups in total. The van der Waals surface area contributed by atoms with Gasteiger partial charge in [0, 0.05) is 18.8 Å². The molecule has 0 bridgehead atoms. The van der Waals surface area contributed by atoms with Crippen molar-refractivity contribution in [2.24, 2.45) is 0 Å². The SMILES string of the molecule is Cc1cc(C)cc(CNC(C)c2ccccn2)c1. The summed E-state index contributed by atoms with van der Waals surface area (Å²) in [7, 11) is 0. The maximum atomic E-state index is 4.36. The van der Waals surface area contributed by atoms with Gasteiger partial charge in [-0.25, -0.2) is 0 Å². The summed E-state index contributed by atoms with van der Waals surface area (Å²) >= 11 is 0. The number of pyridine rings is 1. The standard InChI is InChI=1S/C16H20N2/c1-12-8-13(2)10-15(9-12)11-18-14(3)16-6-4-5-7-17-16/h4-10,14,18H,11H2,1-3H3. The van der Waals surface area contributed by atoms with Gasteiger partial charge in [0.1, 0.15) is 0 Å². The minimum Gasteiger partial charge on any atom is -0.305 e. The number of benzene rings is 1. The summed E-state index contributed by atoms with van der Waals surface area (Å²) in [5, 5.41) is 3.51. The lowest BCUT2D eigenvalue weighted by atomic mass is 10.1. The minimum atomic E-state index is 0.270. The number of rotatable bonds is 4. The van der Waals surface area contributed by atoms with Crippen molar-refractivity contribution in [3.05, 3.63) is 65.0 Å². The van der Waals surface area contributed by atoms with E-state index in [1.807, 2.05) is 18.3 Å². The molecule has 0 saturated carbocycles. The summed E-state index contributed by atoms with van der Waals surface area (Å²) in [6.07, 6.45) is 1.84. The lowest BCUT2D eigenvalue weighted by Crippen LogP contribution is -2.19. The number of aryl methyl sites for hydroxylation is 2. The molecule has 1 aromatic heterocycles. The van der Waals surface area contributed by atoms with Gasteiger partial charge in [-0.3, -0.25) is 4.98 Å². The number of hydrogen-bond acceptors (Lipinski definition) is 2. The van der Waals surface area contributed by atoms with Crippen molar-refractivity contribution in [2.75, 3.05) is 0 Å². The summed E-state index contributed by atoms with van der Waals surface area (Å²) in [6, 6.07) is 12.9. The van der Waals surface area contributed by atoms with E-state index in [0.29, 0.717) is 0 Å². The van der Waals surface area contributed by atoms with Crippen LogP contribution in [0.5, 0.6) is 0 Å². The maximum absolute atomic E-state index is 4.36. The summed E-state index contributed by atoms with van der Waals surface area (Å²) in [5.41, 5.74) is 5.05.